The molecule has 1 aromatic carbocycles. The van der Waals surface area contributed by atoms with Crippen LogP contribution in [0.15, 0.2) is 24.3 Å². The minimum atomic E-state index is 0.595. The monoisotopic (exact) mass is 271 g/mol. The molecule has 0 amide bonds. The molecule has 0 radical (unpaired) electrons. The molecule has 3 aliphatic rings. The lowest BCUT2D eigenvalue weighted by molar-refractivity contribution is 0.0618. The van der Waals surface area contributed by atoms with Crippen LogP contribution in [0.1, 0.15) is 36.8 Å². The van der Waals surface area contributed by atoms with Crippen molar-refractivity contribution >= 4 is 0 Å². The second kappa shape index (κ2) is 5.50. The topological polar surface area (TPSA) is 21.3 Å². The number of benzene rings is 1. The van der Waals surface area contributed by atoms with Crippen LogP contribution in [0.5, 0.6) is 0 Å². The van der Waals surface area contributed by atoms with Crippen molar-refractivity contribution in [3.05, 3.63) is 35.4 Å². The maximum atomic E-state index is 5.65. The molecule has 0 spiro atoms. The number of hydrogen-bond donors (Lipinski definition) is 1. The molecule has 2 fully saturated rings. The first-order chi connectivity index (χ1) is 9.90. The summed E-state index contributed by atoms with van der Waals surface area (Å²) in [7, 11) is 0. The molecule has 1 N–H and O–H groups in total. The molecule has 2 bridgehead atoms. The first-order valence-corrected chi connectivity index (χ1v) is 8.31. The Labute approximate surface area is 121 Å². The summed E-state index contributed by atoms with van der Waals surface area (Å²) in [6, 6.07) is 10.4. The van der Waals surface area contributed by atoms with Crippen LogP contribution in [0.25, 0.3) is 0 Å². The number of ether oxygens (including phenoxy) is 1. The summed E-state index contributed by atoms with van der Waals surface area (Å²) in [6.07, 6.45) is 7.88. The molecule has 2 nitrogen and oxygen atoms in total. The van der Waals surface area contributed by atoms with Crippen LogP contribution in [-0.4, -0.2) is 25.3 Å². The molecular formula is C18H25NO. The van der Waals surface area contributed by atoms with Gasteiger partial charge in [0.25, 0.3) is 0 Å². The van der Waals surface area contributed by atoms with Crippen LogP contribution in [0.3, 0.4) is 0 Å². The average Bonchev–Trinajstić information content (AvgIpc) is 2.75. The first-order valence-electron chi connectivity index (χ1n) is 8.31. The number of fused-ring (bicyclic) bond motifs is 3. The minimum Gasteiger partial charge on any atom is -0.380 e. The van der Waals surface area contributed by atoms with Gasteiger partial charge in [0.1, 0.15) is 0 Å². The van der Waals surface area contributed by atoms with E-state index in [0.29, 0.717) is 12.1 Å². The van der Waals surface area contributed by atoms with Gasteiger partial charge in [0.05, 0.1) is 6.61 Å². The van der Waals surface area contributed by atoms with Crippen LogP contribution in [-0.2, 0) is 17.6 Å². The van der Waals surface area contributed by atoms with E-state index in [1.165, 1.54) is 38.5 Å². The summed E-state index contributed by atoms with van der Waals surface area (Å²) in [5, 5.41) is 3.97. The lowest BCUT2D eigenvalue weighted by Gasteiger charge is -2.31. The largest absolute Gasteiger partial charge is 0.380 e. The third-order valence-electron chi connectivity index (χ3n) is 5.60. The van der Waals surface area contributed by atoms with E-state index in [4.69, 9.17) is 4.74 Å². The Balaban J connectivity index is 1.51. The third kappa shape index (κ3) is 2.40. The van der Waals surface area contributed by atoms with Crippen LogP contribution >= 0.6 is 0 Å². The second-order valence-electron chi connectivity index (χ2n) is 6.88. The molecule has 3 unspecified atom stereocenters. The van der Waals surface area contributed by atoms with E-state index in [2.05, 4.69) is 29.6 Å². The summed E-state index contributed by atoms with van der Waals surface area (Å²) in [6.45, 7) is 1.88. The van der Waals surface area contributed by atoms with Gasteiger partial charge in [-0.2, -0.15) is 0 Å². The molecule has 0 aromatic heterocycles. The number of nitrogens with one attached hydrogen (secondary N) is 1. The Bertz CT molecular complexity index is 433. The highest BCUT2D eigenvalue weighted by molar-refractivity contribution is 5.30. The maximum absolute atomic E-state index is 5.65. The van der Waals surface area contributed by atoms with Gasteiger partial charge in [-0.25, -0.2) is 0 Å². The fourth-order valence-corrected chi connectivity index (χ4v) is 4.57. The van der Waals surface area contributed by atoms with Crippen molar-refractivity contribution in [1.82, 2.24) is 5.32 Å². The normalized spacial score (nSPS) is 36.4. The van der Waals surface area contributed by atoms with E-state index in [0.717, 1.165) is 25.0 Å². The molecule has 1 heterocycles. The zero-order chi connectivity index (χ0) is 13.4. The summed E-state index contributed by atoms with van der Waals surface area (Å²) >= 11 is 0. The molecule has 1 aliphatic heterocycles. The smallest absolute Gasteiger partial charge is 0.0619 e. The Hall–Kier alpha value is -0.860. The van der Waals surface area contributed by atoms with Crippen molar-refractivity contribution in [2.24, 2.45) is 11.8 Å². The van der Waals surface area contributed by atoms with Crippen LogP contribution in [0.4, 0.5) is 0 Å². The Morgan fingerprint density at radius 2 is 1.65 bits per heavy atom. The lowest BCUT2D eigenvalue weighted by atomic mass is 9.93. The summed E-state index contributed by atoms with van der Waals surface area (Å²) < 4.78 is 5.65. The standard InChI is InChI=1S/C18H25NO/c1-2-5-14-11-16-8-7-15(10-13(14)4-1)18(16)19-17-6-3-9-20-12-17/h1-2,4-5,15-19H,3,6-12H2. The molecule has 108 valence electrons. The van der Waals surface area contributed by atoms with Gasteiger partial charge in [0, 0.05) is 18.7 Å². The third-order valence-corrected chi connectivity index (χ3v) is 5.60. The van der Waals surface area contributed by atoms with Gasteiger partial charge in [0.15, 0.2) is 0 Å². The maximum Gasteiger partial charge on any atom is 0.0619 e. The van der Waals surface area contributed by atoms with Gasteiger partial charge in [-0.1, -0.05) is 24.3 Å². The molecule has 20 heavy (non-hydrogen) atoms. The van der Waals surface area contributed by atoms with Crippen molar-refractivity contribution in [3.63, 3.8) is 0 Å². The van der Waals surface area contributed by atoms with Crippen molar-refractivity contribution < 1.29 is 4.74 Å². The van der Waals surface area contributed by atoms with Gasteiger partial charge in [-0.05, 0) is 61.5 Å². The Morgan fingerprint density at radius 1 is 0.950 bits per heavy atom. The minimum absolute atomic E-state index is 0.595. The molecule has 1 saturated heterocycles. The van der Waals surface area contributed by atoms with E-state index in [1.807, 2.05) is 0 Å². The number of rotatable bonds is 2. The Morgan fingerprint density at radius 3 is 2.25 bits per heavy atom. The molecule has 1 aromatic rings. The number of hydrogen-bond acceptors (Lipinski definition) is 2. The van der Waals surface area contributed by atoms with Gasteiger partial charge in [0.2, 0.25) is 0 Å². The summed E-state index contributed by atoms with van der Waals surface area (Å²) in [5.41, 5.74) is 3.21. The van der Waals surface area contributed by atoms with E-state index in [9.17, 15) is 0 Å². The van der Waals surface area contributed by atoms with E-state index in [1.54, 1.807) is 11.1 Å². The molecular weight excluding hydrogens is 246 g/mol. The fourth-order valence-electron chi connectivity index (χ4n) is 4.57. The van der Waals surface area contributed by atoms with Crippen LogP contribution in [0, 0.1) is 11.8 Å². The SMILES string of the molecule is c1ccc2c(c1)CC1CCC(C2)C1NC1CCCOC1. The van der Waals surface area contributed by atoms with Crippen molar-refractivity contribution in [3.8, 4) is 0 Å². The average molecular weight is 271 g/mol. The fraction of sp³-hybridized carbons (Fsp3) is 0.667. The highest BCUT2D eigenvalue weighted by atomic mass is 16.5. The highest BCUT2D eigenvalue weighted by Gasteiger charge is 2.39. The van der Waals surface area contributed by atoms with E-state index in [-0.39, 0.29) is 0 Å². The van der Waals surface area contributed by atoms with Crippen molar-refractivity contribution in [1.29, 1.82) is 0 Å². The Kier molecular flexibility index (Phi) is 3.53. The lowest BCUT2D eigenvalue weighted by Crippen LogP contribution is -2.47. The summed E-state index contributed by atoms with van der Waals surface area (Å²) in [4.78, 5) is 0. The van der Waals surface area contributed by atoms with Crippen molar-refractivity contribution in [2.75, 3.05) is 13.2 Å². The quantitative estimate of drug-likeness (QED) is 0.893. The molecule has 2 aliphatic carbocycles. The van der Waals surface area contributed by atoms with Gasteiger partial charge >= 0.3 is 0 Å². The molecule has 3 atom stereocenters. The van der Waals surface area contributed by atoms with Crippen molar-refractivity contribution in [2.45, 2.75) is 50.6 Å². The summed E-state index contributed by atoms with van der Waals surface area (Å²) in [5.74, 6) is 1.68. The van der Waals surface area contributed by atoms with E-state index >= 15 is 0 Å². The second-order valence-corrected chi connectivity index (χ2v) is 6.88. The molecule has 2 heteroatoms. The highest BCUT2D eigenvalue weighted by Crippen LogP contribution is 2.40. The van der Waals surface area contributed by atoms with Gasteiger partial charge in [-0.15, -0.1) is 0 Å². The first kappa shape index (κ1) is 12.8. The van der Waals surface area contributed by atoms with Crippen LogP contribution in [0.2, 0.25) is 0 Å². The van der Waals surface area contributed by atoms with E-state index < -0.39 is 0 Å². The molecule has 4 rings (SSSR count). The predicted octanol–water partition coefficient (Wildman–Crippen LogP) is 2.95. The zero-order valence-electron chi connectivity index (χ0n) is 12.2. The van der Waals surface area contributed by atoms with Gasteiger partial charge < -0.3 is 10.1 Å². The molecule has 1 saturated carbocycles. The van der Waals surface area contributed by atoms with Gasteiger partial charge in [-0.3, -0.25) is 0 Å². The predicted molar refractivity (Wildman–Crippen MR) is 80.8 cm³/mol. The van der Waals surface area contributed by atoms with Crippen LogP contribution < -0.4 is 5.32 Å². The zero-order valence-corrected chi connectivity index (χ0v) is 12.2.